The first-order chi connectivity index (χ1) is 13.2. The molecular formula is C19H11ClF3N3O2. The van der Waals surface area contributed by atoms with Gasteiger partial charge in [-0.2, -0.15) is 18.2 Å². The fraction of sp³-hybridized carbons (Fsp3) is 0.105. The van der Waals surface area contributed by atoms with E-state index < -0.39 is 12.1 Å². The van der Waals surface area contributed by atoms with Crippen molar-refractivity contribution in [2.45, 2.75) is 13.1 Å². The van der Waals surface area contributed by atoms with Crippen molar-refractivity contribution in [3.05, 3.63) is 70.7 Å². The van der Waals surface area contributed by atoms with Crippen molar-refractivity contribution in [2.24, 2.45) is 0 Å². The first-order valence-corrected chi connectivity index (χ1v) is 8.45. The van der Waals surface area contributed by atoms with Crippen LogP contribution in [0, 0.1) is 6.92 Å². The van der Waals surface area contributed by atoms with Crippen LogP contribution in [0.25, 0.3) is 22.3 Å². The lowest BCUT2D eigenvalue weighted by Gasteiger charge is -2.05. The molecule has 28 heavy (non-hydrogen) atoms. The maximum atomic E-state index is 12.8. The minimum atomic E-state index is -4.71. The first kappa shape index (κ1) is 18.2. The standard InChI is InChI=1S/C19H11ClF3N3O2/c1-10-9-26(17(27)11-2-5-13(20)6-3-11)15-7-4-12(8-14(10)15)16-24-18(28-25-16)19(21,22)23/h2-9H,1H3. The van der Waals surface area contributed by atoms with Crippen molar-refractivity contribution < 1.29 is 22.5 Å². The predicted octanol–water partition coefficient (Wildman–Crippen LogP) is 5.36. The van der Waals surface area contributed by atoms with Gasteiger partial charge in [0, 0.05) is 27.7 Å². The fourth-order valence-corrected chi connectivity index (χ4v) is 3.02. The number of alkyl halides is 3. The van der Waals surface area contributed by atoms with Gasteiger partial charge in [-0.15, -0.1) is 0 Å². The summed E-state index contributed by atoms with van der Waals surface area (Å²) in [6, 6.07) is 11.3. The van der Waals surface area contributed by atoms with E-state index in [2.05, 4.69) is 14.7 Å². The Hall–Kier alpha value is -3.13. The molecule has 142 valence electrons. The highest BCUT2D eigenvalue weighted by Crippen LogP contribution is 2.31. The van der Waals surface area contributed by atoms with Crippen LogP contribution in [0.15, 0.2) is 53.2 Å². The molecule has 9 heteroatoms. The van der Waals surface area contributed by atoms with Crippen LogP contribution in [0.2, 0.25) is 5.02 Å². The number of aryl methyl sites for hydroxylation is 1. The lowest BCUT2D eigenvalue weighted by atomic mass is 10.1. The van der Waals surface area contributed by atoms with Gasteiger partial charge in [-0.1, -0.05) is 16.8 Å². The Morgan fingerprint density at radius 2 is 1.86 bits per heavy atom. The number of benzene rings is 2. The summed E-state index contributed by atoms with van der Waals surface area (Å²) in [5.41, 5.74) is 2.20. The topological polar surface area (TPSA) is 60.9 Å². The van der Waals surface area contributed by atoms with Gasteiger partial charge in [0.25, 0.3) is 5.91 Å². The third-order valence-corrected chi connectivity index (χ3v) is 4.49. The summed E-state index contributed by atoms with van der Waals surface area (Å²) < 4.78 is 43.8. The van der Waals surface area contributed by atoms with Crippen molar-refractivity contribution in [1.82, 2.24) is 14.7 Å². The molecule has 0 unspecified atom stereocenters. The van der Waals surface area contributed by atoms with Crippen molar-refractivity contribution in [3.8, 4) is 11.4 Å². The lowest BCUT2D eigenvalue weighted by Crippen LogP contribution is -2.10. The normalized spacial score (nSPS) is 11.9. The molecule has 4 aromatic rings. The second-order valence-electron chi connectivity index (χ2n) is 6.15. The molecule has 0 saturated heterocycles. The van der Waals surface area contributed by atoms with Gasteiger partial charge >= 0.3 is 12.1 Å². The molecule has 0 aliphatic heterocycles. The van der Waals surface area contributed by atoms with E-state index in [9.17, 15) is 18.0 Å². The van der Waals surface area contributed by atoms with Crippen LogP contribution in [-0.4, -0.2) is 20.6 Å². The zero-order valence-electron chi connectivity index (χ0n) is 14.3. The Morgan fingerprint density at radius 3 is 2.50 bits per heavy atom. The second kappa shape index (κ2) is 6.49. The lowest BCUT2D eigenvalue weighted by molar-refractivity contribution is -0.159. The number of fused-ring (bicyclic) bond motifs is 1. The third-order valence-electron chi connectivity index (χ3n) is 4.24. The maximum absolute atomic E-state index is 12.8. The Balaban J connectivity index is 1.76. The van der Waals surface area contributed by atoms with E-state index in [1.807, 2.05) is 0 Å². The smallest absolute Gasteiger partial charge is 0.329 e. The maximum Gasteiger partial charge on any atom is 0.471 e. The van der Waals surface area contributed by atoms with E-state index in [0.717, 1.165) is 5.56 Å². The number of halogens is 4. The number of carbonyl (C=O) groups is 1. The highest BCUT2D eigenvalue weighted by Gasteiger charge is 2.38. The Labute approximate surface area is 161 Å². The average Bonchev–Trinajstić information content (AvgIpc) is 3.27. The van der Waals surface area contributed by atoms with Gasteiger partial charge < -0.3 is 4.52 Å². The summed E-state index contributed by atoms with van der Waals surface area (Å²) in [6.07, 6.45) is -3.04. The predicted molar refractivity (Wildman–Crippen MR) is 96.1 cm³/mol. The van der Waals surface area contributed by atoms with Crippen molar-refractivity contribution in [1.29, 1.82) is 0 Å². The number of hydrogen-bond donors (Lipinski definition) is 0. The van der Waals surface area contributed by atoms with Crippen LogP contribution in [-0.2, 0) is 6.18 Å². The van der Waals surface area contributed by atoms with Gasteiger partial charge in [-0.25, -0.2) is 0 Å². The third kappa shape index (κ3) is 3.16. The molecule has 2 aromatic heterocycles. The summed E-state index contributed by atoms with van der Waals surface area (Å²) in [6.45, 7) is 1.80. The molecule has 5 nitrogen and oxygen atoms in total. The number of aromatic nitrogens is 3. The molecule has 0 aliphatic rings. The summed E-state index contributed by atoms with van der Waals surface area (Å²) >= 11 is 5.86. The van der Waals surface area contributed by atoms with Crippen LogP contribution in [0.5, 0.6) is 0 Å². The van der Waals surface area contributed by atoms with Gasteiger partial charge in [0.05, 0.1) is 5.52 Å². The molecule has 0 bridgehead atoms. The Morgan fingerprint density at radius 1 is 1.14 bits per heavy atom. The van der Waals surface area contributed by atoms with E-state index in [0.29, 0.717) is 27.1 Å². The Bertz CT molecular complexity index is 1190. The summed E-state index contributed by atoms with van der Waals surface area (Å²) in [5.74, 6) is -1.83. The molecule has 0 N–H and O–H groups in total. The molecule has 2 heterocycles. The highest BCUT2D eigenvalue weighted by atomic mass is 35.5. The summed E-state index contributed by atoms with van der Waals surface area (Å²) in [4.78, 5) is 16.2. The van der Waals surface area contributed by atoms with Crippen LogP contribution in [0.4, 0.5) is 13.2 Å². The minimum Gasteiger partial charge on any atom is -0.329 e. The van der Waals surface area contributed by atoms with E-state index in [4.69, 9.17) is 11.6 Å². The number of hydrogen-bond acceptors (Lipinski definition) is 4. The first-order valence-electron chi connectivity index (χ1n) is 8.07. The van der Waals surface area contributed by atoms with Crippen LogP contribution < -0.4 is 0 Å². The molecule has 0 amide bonds. The molecule has 2 aromatic carbocycles. The largest absolute Gasteiger partial charge is 0.471 e. The number of carbonyl (C=O) groups excluding carboxylic acids is 1. The quantitative estimate of drug-likeness (QED) is 0.450. The van der Waals surface area contributed by atoms with Crippen LogP contribution >= 0.6 is 11.6 Å². The van der Waals surface area contributed by atoms with E-state index in [1.54, 1.807) is 55.6 Å². The van der Waals surface area contributed by atoms with Crippen molar-refractivity contribution in [2.75, 3.05) is 0 Å². The van der Waals surface area contributed by atoms with Gasteiger partial charge in [0.2, 0.25) is 5.82 Å². The highest BCUT2D eigenvalue weighted by molar-refractivity contribution is 6.30. The average molecular weight is 406 g/mol. The van der Waals surface area contributed by atoms with Gasteiger partial charge in [0.1, 0.15) is 0 Å². The molecule has 4 rings (SSSR count). The molecular weight excluding hydrogens is 395 g/mol. The van der Waals surface area contributed by atoms with Crippen molar-refractivity contribution >= 4 is 28.4 Å². The van der Waals surface area contributed by atoms with E-state index in [-0.39, 0.29) is 11.7 Å². The molecule has 0 atom stereocenters. The second-order valence-corrected chi connectivity index (χ2v) is 6.58. The SMILES string of the molecule is Cc1cn(C(=O)c2ccc(Cl)cc2)c2ccc(-c3noc(C(F)(F)F)n3)cc12. The monoisotopic (exact) mass is 405 g/mol. The van der Waals surface area contributed by atoms with Gasteiger partial charge in [-0.05, 0) is 55.0 Å². The Kier molecular flexibility index (Phi) is 4.23. The van der Waals surface area contributed by atoms with Crippen molar-refractivity contribution in [3.63, 3.8) is 0 Å². The number of nitrogens with zero attached hydrogens (tertiary/aromatic N) is 3. The van der Waals surface area contributed by atoms with Crippen LogP contribution in [0.1, 0.15) is 21.8 Å². The molecule has 0 saturated carbocycles. The van der Waals surface area contributed by atoms with Crippen LogP contribution in [0.3, 0.4) is 0 Å². The summed E-state index contributed by atoms with van der Waals surface area (Å²) in [7, 11) is 0. The summed E-state index contributed by atoms with van der Waals surface area (Å²) in [5, 5.41) is 4.61. The number of rotatable bonds is 2. The zero-order valence-corrected chi connectivity index (χ0v) is 15.0. The minimum absolute atomic E-state index is 0.176. The fourth-order valence-electron chi connectivity index (χ4n) is 2.89. The van der Waals surface area contributed by atoms with E-state index in [1.165, 1.54) is 4.57 Å². The molecule has 0 aliphatic carbocycles. The van der Waals surface area contributed by atoms with E-state index >= 15 is 0 Å². The van der Waals surface area contributed by atoms with Gasteiger partial charge in [0.15, 0.2) is 0 Å². The molecule has 0 radical (unpaired) electrons. The molecule has 0 fully saturated rings. The zero-order chi connectivity index (χ0) is 20.1. The molecule has 0 spiro atoms. The van der Waals surface area contributed by atoms with Gasteiger partial charge in [-0.3, -0.25) is 9.36 Å².